The van der Waals surface area contributed by atoms with Crippen molar-refractivity contribution < 1.29 is 13.7 Å². The molecule has 1 aliphatic rings. The van der Waals surface area contributed by atoms with Crippen LogP contribution in [0.5, 0.6) is 0 Å². The molecule has 1 fully saturated rings. The zero-order valence-corrected chi connectivity index (χ0v) is 14.3. The smallest absolute Gasteiger partial charge is 0.410 e. The van der Waals surface area contributed by atoms with E-state index in [2.05, 4.69) is 4.98 Å². The summed E-state index contributed by atoms with van der Waals surface area (Å²) < 4.78 is 17.9. The predicted octanol–water partition coefficient (Wildman–Crippen LogP) is 2.98. The van der Waals surface area contributed by atoms with Crippen molar-refractivity contribution in [3.63, 3.8) is 0 Å². The van der Waals surface area contributed by atoms with Crippen molar-refractivity contribution in [2.45, 2.75) is 56.7 Å². The summed E-state index contributed by atoms with van der Waals surface area (Å²) in [5.74, 6) is 0.413. The first kappa shape index (κ1) is 16.9. The molecule has 0 unspecified atom stereocenters. The maximum absolute atomic E-state index is 12.4. The standard InChI is InChI=1S/C16H24N2O3S/c1-16(2,3)21-15(19)18-11-7-5-8-13(18)12-22(20)14-9-4-6-10-17-14/h4,6,9-10,13H,5,7-8,11-12H2,1-3H3/t13-,22-/m1/s1. The fraction of sp³-hybridized carbons (Fsp3) is 0.625. The minimum Gasteiger partial charge on any atom is -0.444 e. The summed E-state index contributed by atoms with van der Waals surface area (Å²) in [6, 6.07) is 5.34. The van der Waals surface area contributed by atoms with Crippen LogP contribution >= 0.6 is 0 Å². The second-order valence-corrected chi connectivity index (χ2v) is 7.95. The van der Waals surface area contributed by atoms with Gasteiger partial charge in [-0.15, -0.1) is 0 Å². The molecule has 22 heavy (non-hydrogen) atoms. The molecule has 0 aromatic carbocycles. The summed E-state index contributed by atoms with van der Waals surface area (Å²) in [6.45, 7) is 6.24. The average molecular weight is 324 g/mol. The Labute approximate surface area is 134 Å². The molecule has 2 atom stereocenters. The number of pyridine rings is 1. The van der Waals surface area contributed by atoms with Crippen LogP contribution in [0.25, 0.3) is 0 Å². The summed E-state index contributed by atoms with van der Waals surface area (Å²) in [5, 5.41) is 0.567. The molecule has 1 aromatic heterocycles. The van der Waals surface area contributed by atoms with Crippen LogP contribution in [0, 0.1) is 0 Å². The largest absolute Gasteiger partial charge is 0.444 e. The number of hydrogen-bond donors (Lipinski definition) is 0. The van der Waals surface area contributed by atoms with Crippen molar-refractivity contribution in [2.75, 3.05) is 12.3 Å². The number of likely N-dealkylation sites (tertiary alicyclic amines) is 1. The van der Waals surface area contributed by atoms with E-state index in [1.54, 1.807) is 23.2 Å². The minimum absolute atomic E-state index is 0.0496. The molecular formula is C16H24N2O3S. The van der Waals surface area contributed by atoms with Crippen LogP contribution in [0.2, 0.25) is 0 Å². The molecule has 1 aliphatic heterocycles. The highest BCUT2D eigenvalue weighted by atomic mass is 32.2. The van der Waals surface area contributed by atoms with Gasteiger partial charge >= 0.3 is 6.09 Å². The first-order valence-electron chi connectivity index (χ1n) is 7.66. The number of amides is 1. The quantitative estimate of drug-likeness (QED) is 0.857. The van der Waals surface area contributed by atoms with Gasteiger partial charge in [0.15, 0.2) is 0 Å². The van der Waals surface area contributed by atoms with Gasteiger partial charge in [-0.05, 0) is 52.2 Å². The third-order valence-corrected chi connectivity index (χ3v) is 4.87. The van der Waals surface area contributed by atoms with Gasteiger partial charge < -0.3 is 9.64 Å². The molecule has 122 valence electrons. The van der Waals surface area contributed by atoms with Crippen LogP contribution in [0.4, 0.5) is 4.79 Å². The number of aromatic nitrogens is 1. The van der Waals surface area contributed by atoms with Crippen LogP contribution in [0.15, 0.2) is 29.4 Å². The lowest BCUT2D eigenvalue weighted by Crippen LogP contribution is -2.48. The van der Waals surface area contributed by atoms with Crippen molar-refractivity contribution in [2.24, 2.45) is 0 Å². The van der Waals surface area contributed by atoms with E-state index in [1.165, 1.54) is 0 Å². The van der Waals surface area contributed by atoms with Crippen molar-refractivity contribution in [3.05, 3.63) is 24.4 Å². The van der Waals surface area contributed by atoms with Crippen molar-refractivity contribution in [1.82, 2.24) is 9.88 Å². The summed E-state index contributed by atoms with van der Waals surface area (Å²) in [6.07, 6.45) is 4.20. The van der Waals surface area contributed by atoms with Crippen molar-refractivity contribution in [1.29, 1.82) is 0 Å². The number of hydrogen-bond acceptors (Lipinski definition) is 4. The van der Waals surface area contributed by atoms with Crippen LogP contribution in [0.1, 0.15) is 40.0 Å². The second kappa shape index (κ2) is 7.22. The maximum atomic E-state index is 12.4. The molecule has 1 aromatic rings. The Morgan fingerprint density at radius 1 is 1.41 bits per heavy atom. The summed E-state index contributed by atoms with van der Waals surface area (Å²) in [5.41, 5.74) is -0.515. The minimum atomic E-state index is -1.20. The van der Waals surface area contributed by atoms with Gasteiger partial charge in [0.25, 0.3) is 0 Å². The maximum Gasteiger partial charge on any atom is 0.410 e. The van der Waals surface area contributed by atoms with Crippen LogP contribution in [0.3, 0.4) is 0 Å². The Bertz CT molecular complexity index is 528. The highest BCUT2D eigenvalue weighted by molar-refractivity contribution is 7.85. The van der Waals surface area contributed by atoms with Crippen LogP contribution < -0.4 is 0 Å². The molecule has 5 nitrogen and oxygen atoms in total. The van der Waals surface area contributed by atoms with Gasteiger partial charge in [-0.3, -0.25) is 4.21 Å². The van der Waals surface area contributed by atoms with E-state index < -0.39 is 16.4 Å². The normalized spacial score (nSPS) is 20.5. The van der Waals surface area contributed by atoms with Gasteiger partial charge in [0.2, 0.25) is 0 Å². The Hall–Kier alpha value is -1.43. The number of carbonyl (C=O) groups is 1. The Morgan fingerprint density at radius 2 is 2.18 bits per heavy atom. The summed E-state index contributed by atoms with van der Waals surface area (Å²) >= 11 is 0. The third kappa shape index (κ3) is 4.80. The highest BCUT2D eigenvalue weighted by Crippen LogP contribution is 2.22. The van der Waals surface area contributed by atoms with Crippen molar-refractivity contribution >= 4 is 16.9 Å². The zero-order valence-electron chi connectivity index (χ0n) is 13.4. The molecule has 0 aliphatic carbocycles. The molecular weight excluding hydrogens is 300 g/mol. The van der Waals surface area contributed by atoms with E-state index in [9.17, 15) is 9.00 Å². The molecule has 2 heterocycles. The fourth-order valence-corrected chi connectivity index (χ4v) is 3.75. The van der Waals surface area contributed by atoms with Gasteiger partial charge in [0.05, 0.1) is 16.6 Å². The lowest BCUT2D eigenvalue weighted by molar-refractivity contribution is 0.0125. The Morgan fingerprint density at radius 3 is 2.82 bits per heavy atom. The number of nitrogens with zero attached hydrogens (tertiary/aromatic N) is 2. The van der Waals surface area contributed by atoms with Gasteiger partial charge in [0.1, 0.15) is 10.6 Å². The molecule has 6 heteroatoms. The molecule has 2 rings (SSSR count). The van der Waals surface area contributed by atoms with Gasteiger partial charge in [0, 0.05) is 18.8 Å². The number of piperidine rings is 1. The predicted molar refractivity (Wildman–Crippen MR) is 86.1 cm³/mol. The topological polar surface area (TPSA) is 59.5 Å². The Kier molecular flexibility index (Phi) is 5.56. The van der Waals surface area contributed by atoms with E-state index in [-0.39, 0.29) is 12.1 Å². The van der Waals surface area contributed by atoms with Crippen molar-refractivity contribution in [3.8, 4) is 0 Å². The Balaban J connectivity index is 2.04. The third-order valence-electron chi connectivity index (χ3n) is 3.47. The lowest BCUT2D eigenvalue weighted by atomic mass is 10.0. The molecule has 1 saturated heterocycles. The second-order valence-electron chi connectivity index (χ2n) is 6.50. The molecule has 0 saturated carbocycles. The average Bonchev–Trinajstić information content (AvgIpc) is 2.47. The number of carbonyl (C=O) groups excluding carboxylic acids is 1. The molecule has 0 bridgehead atoms. The first-order chi connectivity index (χ1) is 10.4. The first-order valence-corrected chi connectivity index (χ1v) is 8.98. The number of rotatable bonds is 3. The van der Waals surface area contributed by atoms with Gasteiger partial charge in [-0.2, -0.15) is 0 Å². The molecule has 1 amide bonds. The number of ether oxygens (including phenoxy) is 1. The molecule has 0 spiro atoms. The molecule has 0 N–H and O–H groups in total. The van der Waals surface area contributed by atoms with E-state index in [0.29, 0.717) is 17.3 Å². The lowest BCUT2D eigenvalue weighted by Gasteiger charge is -2.36. The molecule has 0 radical (unpaired) electrons. The van der Waals surface area contributed by atoms with Gasteiger partial charge in [-0.25, -0.2) is 9.78 Å². The zero-order chi connectivity index (χ0) is 16.2. The highest BCUT2D eigenvalue weighted by Gasteiger charge is 2.31. The van der Waals surface area contributed by atoms with E-state index >= 15 is 0 Å². The van der Waals surface area contributed by atoms with Crippen LogP contribution in [-0.2, 0) is 15.5 Å². The summed E-state index contributed by atoms with van der Waals surface area (Å²) in [4.78, 5) is 18.2. The van der Waals surface area contributed by atoms with E-state index in [1.807, 2.05) is 26.8 Å². The monoisotopic (exact) mass is 324 g/mol. The van der Waals surface area contributed by atoms with E-state index in [0.717, 1.165) is 19.3 Å². The summed E-state index contributed by atoms with van der Waals surface area (Å²) in [7, 11) is -1.20. The SMILES string of the molecule is CC(C)(C)OC(=O)N1CCCC[C@@H]1C[S@@](=O)c1ccccn1. The van der Waals surface area contributed by atoms with E-state index in [4.69, 9.17) is 4.74 Å². The van der Waals surface area contributed by atoms with Gasteiger partial charge in [-0.1, -0.05) is 6.07 Å². The van der Waals surface area contributed by atoms with Crippen LogP contribution in [-0.4, -0.2) is 44.1 Å². The fourth-order valence-electron chi connectivity index (χ4n) is 2.48.